The second kappa shape index (κ2) is 11.8. The van der Waals surface area contributed by atoms with Crippen molar-refractivity contribution in [2.75, 3.05) is 27.4 Å². The number of rotatable bonds is 10. The van der Waals surface area contributed by atoms with E-state index in [4.69, 9.17) is 24.2 Å². The summed E-state index contributed by atoms with van der Waals surface area (Å²) in [6.07, 6.45) is 2.73. The second-order valence-electron chi connectivity index (χ2n) is 5.92. The van der Waals surface area contributed by atoms with E-state index >= 15 is 0 Å². The highest BCUT2D eigenvalue weighted by Crippen LogP contribution is 2.28. The molecule has 0 aliphatic carbocycles. The smallest absolute Gasteiger partial charge is 0.331 e. The molecule has 0 atom stereocenters. The predicted octanol–water partition coefficient (Wildman–Crippen LogP) is 2.48. The van der Waals surface area contributed by atoms with E-state index in [9.17, 15) is 9.59 Å². The summed E-state index contributed by atoms with van der Waals surface area (Å²) >= 11 is 0. The van der Waals surface area contributed by atoms with Gasteiger partial charge in [0, 0.05) is 12.6 Å². The highest BCUT2D eigenvalue weighted by atomic mass is 16.5. The second-order valence-corrected chi connectivity index (χ2v) is 5.92. The van der Waals surface area contributed by atoms with Crippen LogP contribution in [0.3, 0.4) is 0 Å². The molecule has 0 fully saturated rings. The summed E-state index contributed by atoms with van der Waals surface area (Å²) in [6, 6.07) is 14.1. The van der Waals surface area contributed by atoms with Gasteiger partial charge in [-0.15, -0.1) is 0 Å². The molecule has 0 aliphatic heterocycles. The Morgan fingerprint density at radius 2 is 1.83 bits per heavy atom. The molecule has 0 radical (unpaired) electrons. The van der Waals surface area contributed by atoms with E-state index in [1.807, 2.05) is 18.2 Å². The molecular formula is C22H22N2O6. The molecule has 2 aromatic carbocycles. The van der Waals surface area contributed by atoms with Crippen molar-refractivity contribution in [3.8, 4) is 23.3 Å². The van der Waals surface area contributed by atoms with Gasteiger partial charge in [-0.05, 0) is 41.5 Å². The Bertz CT molecular complexity index is 932. The Hall–Kier alpha value is -3.99. The molecule has 8 heteroatoms. The molecule has 8 nitrogen and oxygen atoms in total. The van der Waals surface area contributed by atoms with Crippen LogP contribution >= 0.6 is 0 Å². The molecule has 0 saturated carbocycles. The molecule has 0 bridgehead atoms. The minimum Gasteiger partial charge on any atom is -0.497 e. The molecule has 30 heavy (non-hydrogen) atoms. The number of nitriles is 1. The van der Waals surface area contributed by atoms with Gasteiger partial charge in [-0.1, -0.05) is 18.2 Å². The van der Waals surface area contributed by atoms with Crippen LogP contribution in [0.2, 0.25) is 0 Å². The van der Waals surface area contributed by atoms with Gasteiger partial charge < -0.3 is 24.3 Å². The third-order valence-corrected chi connectivity index (χ3v) is 3.89. The van der Waals surface area contributed by atoms with Gasteiger partial charge in [-0.3, -0.25) is 4.79 Å². The van der Waals surface area contributed by atoms with Gasteiger partial charge in [0.15, 0.2) is 24.7 Å². The number of carbonyl (C=O) groups excluding carboxylic acids is 2. The number of ether oxygens (including phenoxy) is 4. The third-order valence-electron chi connectivity index (χ3n) is 3.89. The van der Waals surface area contributed by atoms with E-state index in [2.05, 4.69) is 5.32 Å². The standard InChI is InChI=1S/C22H22N2O6/c1-27-18-7-3-17(4-8-18)14-24-21(25)15-30-22(26)10-6-16-5-9-19(29-12-11-23)20(13-16)28-2/h3-10,13H,12,14-15H2,1-2H3,(H,24,25). The van der Waals surface area contributed by atoms with E-state index < -0.39 is 11.9 Å². The van der Waals surface area contributed by atoms with Crippen LogP contribution in [0.4, 0.5) is 0 Å². The van der Waals surface area contributed by atoms with E-state index in [1.54, 1.807) is 37.4 Å². The number of nitrogens with one attached hydrogen (secondary N) is 1. The Morgan fingerprint density at radius 1 is 1.07 bits per heavy atom. The average molecular weight is 410 g/mol. The maximum Gasteiger partial charge on any atom is 0.331 e. The molecule has 1 amide bonds. The van der Waals surface area contributed by atoms with Gasteiger partial charge in [0.1, 0.15) is 11.8 Å². The molecule has 0 aromatic heterocycles. The van der Waals surface area contributed by atoms with Crippen LogP contribution in [0, 0.1) is 11.3 Å². The Kier molecular flexibility index (Phi) is 8.74. The van der Waals surface area contributed by atoms with Crippen LogP contribution < -0.4 is 19.5 Å². The fourth-order valence-corrected chi connectivity index (χ4v) is 2.36. The van der Waals surface area contributed by atoms with Crippen molar-refractivity contribution >= 4 is 18.0 Å². The Labute approximate surface area is 174 Å². The summed E-state index contributed by atoms with van der Waals surface area (Å²) in [5.41, 5.74) is 1.56. The van der Waals surface area contributed by atoms with Gasteiger partial charge in [-0.25, -0.2) is 4.79 Å². The molecule has 0 aliphatic rings. The summed E-state index contributed by atoms with van der Waals surface area (Å²) in [4.78, 5) is 23.7. The maximum absolute atomic E-state index is 11.8. The minimum atomic E-state index is -0.654. The lowest BCUT2D eigenvalue weighted by Crippen LogP contribution is -2.28. The lowest BCUT2D eigenvalue weighted by atomic mass is 10.2. The van der Waals surface area contributed by atoms with Crippen LogP contribution in [0.25, 0.3) is 6.08 Å². The monoisotopic (exact) mass is 410 g/mol. The van der Waals surface area contributed by atoms with Gasteiger partial charge in [0.25, 0.3) is 5.91 Å². The molecule has 0 spiro atoms. The van der Waals surface area contributed by atoms with Crippen molar-refractivity contribution in [2.45, 2.75) is 6.54 Å². The largest absolute Gasteiger partial charge is 0.497 e. The van der Waals surface area contributed by atoms with Gasteiger partial charge in [-0.2, -0.15) is 5.26 Å². The first-order valence-corrected chi connectivity index (χ1v) is 8.98. The third kappa shape index (κ3) is 7.20. The van der Waals surface area contributed by atoms with Gasteiger partial charge in [0.05, 0.1) is 14.2 Å². The van der Waals surface area contributed by atoms with E-state index in [0.717, 1.165) is 11.3 Å². The summed E-state index contributed by atoms with van der Waals surface area (Å²) in [5.74, 6) is 0.519. The SMILES string of the molecule is COc1ccc(CNC(=O)COC(=O)C=Cc2ccc(OCC#N)c(OC)c2)cc1. The zero-order chi connectivity index (χ0) is 21.8. The molecule has 0 unspecified atom stereocenters. The predicted molar refractivity (Wildman–Crippen MR) is 109 cm³/mol. The lowest BCUT2D eigenvalue weighted by molar-refractivity contribution is -0.143. The van der Waals surface area contributed by atoms with Crippen LogP contribution in [-0.4, -0.2) is 39.3 Å². The summed E-state index contributed by atoms with van der Waals surface area (Å²) in [6.45, 7) is -0.168. The zero-order valence-corrected chi connectivity index (χ0v) is 16.7. The van der Waals surface area contributed by atoms with Crippen molar-refractivity contribution in [2.24, 2.45) is 0 Å². The highest BCUT2D eigenvalue weighted by molar-refractivity contribution is 5.89. The normalized spacial score (nSPS) is 10.2. The van der Waals surface area contributed by atoms with Crippen molar-refractivity contribution in [1.29, 1.82) is 5.26 Å². The van der Waals surface area contributed by atoms with Crippen LogP contribution in [-0.2, 0) is 20.9 Å². The Balaban J connectivity index is 1.79. The maximum atomic E-state index is 11.8. The van der Waals surface area contributed by atoms with E-state index in [1.165, 1.54) is 19.3 Å². The van der Waals surface area contributed by atoms with Gasteiger partial charge in [0.2, 0.25) is 0 Å². The average Bonchev–Trinajstić information content (AvgIpc) is 2.79. The molecule has 0 heterocycles. The number of methoxy groups -OCH3 is 2. The molecular weight excluding hydrogens is 388 g/mol. The molecule has 156 valence electrons. The number of carbonyl (C=O) groups is 2. The first-order chi connectivity index (χ1) is 14.5. The first kappa shape index (κ1) is 22.3. The minimum absolute atomic E-state index is 0.0988. The lowest BCUT2D eigenvalue weighted by Gasteiger charge is -2.08. The number of amides is 1. The number of esters is 1. The molecule has 2 aromatic rings. The topological polar surface area (TPSA) is 107 Å². The first-order valence-electron chi connectivity index (χ1n) is 8.98. The number of nitrogens with zero attached hydrogens (tertiary/aromatic N) is 1. The van der Waals surface area contributed by atoms with E-state index in [0.29, 0.717) is 23.6 Å². The zero-order valence-electron chi connectivity index (χ0n) is 16.7. The molecule has 2 rings (SSSR count). The number of hydrogen-bond acceptors (Lipinski definition) is 7. The molecule has 1 N–H and O–H groups in total. The summed E-state index contributed by atoms with van der Waals surface area (Å²) in [5, 5.41) is 11.2. The molecule has 0 saturated heterocycles. The fourth-order valence-electron chi connectivity index (χ4n) is 2.36. The van der Waals surface area contributed by atoms with Crippen LogP contribution in [0.1, 0.15) is 11.1 Å². The van der Waals surface area contributed by atoms with Crippen LogP contribution in [0.15, 0.2) is 48.5 Å². The van der Waals surface area contributed by atoms with Crippen molar-refractivity contribution in [3.05, 3.63) is 59.7 Å². The number of hydrogen-bond donors (Lipinski definition) is 1. The fraction of sp³-hybridized carbons (Fsp3) is 0.227. The highest BCUT2D eigenvalue weighted by Gasteiger charge is 2.07. The van der Waals surface area contributed by atoms with Crippen molar-refractivity contribution in [3.63, 3.8) is 0 Å². The Morgan fingerprint density at radius 3 is 2.50 bits per heavy atom. The quantitative estimate of drug-likeness (QED) is 0.474. The summed E-state index contributed by atoms with van der Waals surface area (Å²) < 4.78 is 20.4. The van der Waals surface area contributed by atoms with E-state index in [-0.39, 0.29) is 13.2 Å². The summed E-state index contributed by atoms with van der Waals surface area (Å²) in [7, 11) is 3.05. The number of benzene rings is 2. The van der Waals surface area contributed by atoms with Gasteiger partial charge >= 0.3 is 5.97 Å². The van der Waals surface area contributed by atoms with Crippen molar-refractivity contribution in [1.82, 2.24) is 5.32 Å². The van der Waals surface area contributed by atoms with Crippen molar-refractivity contribution < 1.29 is 28.5 Å². The van der Waals surface area contributed by atoms with Crippen LogP contribution in [0.5, 0.6) is 17.2 Å².